The van der Waals surface area contributed by atoms with Crippen LogP contribution in [0.15, 0.2) is 36.4 Å². The van der Waals surface area contributed by atoms with Crippen molar-refractivity contribution in [2.24, 2.45) is 40.5 Å². The molecule has 2 aromatic carbocycles. The second kappa shape index (κ2) is 40.4. The van der Waals surface area contributed by atoms with Crippen LogP contribution in [0.2, 0.25) is 5.02 Å². The molecule has 36 heteroatoms. The van der Waals surface area contributed by atoms with Crippen molar-refractivity contribution in [3.8, 4) is 5.75 Å². The number of primary amides is 4. The summed E-state index contributed by atoms with van der Waals surface area (Å²) >= 11 is 6.27. The smallest absolute Gasteiger partial charge is 0.303 e. The molecule has 0 fully saturated rings. The predicted octanol–water partition coefficient (Wildman–Crippen LogP) is -3.34. The van der Waals surface area contributed by atoms with Crippen LogP contribution in [0.1, 0.15) is 118 Å². The number of halogens is 1. The van der Waals surface area contributed by atoms with E-state index in [0.717, 1.165) is 10.8 Å². The van der Waals surface area contributed by atoms with Gasteiger partial charge in [0.15, 0.2) is 0 Å². The fourth-order valence-corrected chi connectivity index (χ4v) is 9.79. The van der Waals surface area contributed by atoms with Gasteiger partial charge in [0.2, 0.25) is 76.8 Å². The molecular weight excluding hydrogens is 1300 g/mol. The molecule has 0 radical (unpaired) electrons. The molecule has 0 spiro atoms. The number of nitrogens with one attached hydrogen (secondary N) is 10. The van der Waals surface area contributed by atoms with Crippen LogP contribution in [0.25, 0.3) is 21.8 Å². The number of benzene rings is 2. The van der Waals surface area contributed by atoms with Gasteiger partial charge < -0.3 is 102 Å². The molecule has 10 atom stereocenters. The third-order valence-corrected chi connectivity index (χ3v) is 15.3. The maximum absolute atomic E-state index is 14.3. The highest BCUT2D eigenvalue weighted by atomic mass is 35.5. The molecule has 534 valence electrons. The van der Waals surface area contributed by atoms with E-state index < -0.39 is 219 Å². The molecule has 0 bridgehead atoms. The van der Waals surface area contributed by atoms with Crippen LogP contribution in [0.3, 0.4) is 0 Å². The molecule has 0 unspecified atom stereocenters. The fourth-order valence-electron chi connectivity index (χ4n) is 9.63. The molecule has 0 saturated heterocycles. The zero-order chi connectivity index (χ0) is 72.8. The number of aromatic nitrogens is 1. The summed E-state index contributed by atoms with van der Waals surface area (Å²) in [6, 6.07) is -4.45. The van der Waals surface area contributed by atoms with E-state index in [1.807, 2.05) is 0 Å². The van der Waals surface area contributed by atoms with E-state index in [1.54, 1.807) is 57.2 Å². The van der Waals surface area contributed by atoms with E-state index in [4.69, 9.17) is 50.0 Å². The molecule has 0 aliphatic heterocycles. The number of carboxylic acid groups (broad SMARTS) is 2. The first-order chi connectivity index (χ1) is 45.7. The largest absolute Gasteiger partial charge is 0.497 e. The number of ether oxygens (including phenoxy) is 1. The van der Waals surface area contributed by atoms with Gasteiger partial charge in [-0.2, -0.15) is 0 Å². The standard InChI is InChI=1S/C61H89ClN16O19/c1-6-30(4)51(78-60(95)44(28-79)77-58(93)37(13-18-46(65)81)71-53(88)35(63)11-17-45(64)80)61(96)74-40(16-21-50(86)87)55(90)72-38(14-19-47(66)82)56(91)75-42(24-29(2)3)59(94)73-39(15-20-49(84)85)57(92)76-43(27-48(67)83)54(89)69-23-7-22-68-52-33-10-8-31(62)25-41(33)70-36-12-9-32(97-5)26-34(36)52/h8-10,12,25-26,29-30,35,37-40,42-44,51,79H,6-7,11,13-24,27-28,63H2,1-5H3,(H2,64,80)(H2,65,81)(H2,66,82)(H2,67,83)(H,68,70)(H,69,89)(H,71,88)(H,72,90)(H,73,94)(H,74,96)(H,75,91)(H,76,92)(H,77,93)(H,78,95)(H,84,85)(H,86,87)/t30-,35-,37-,38-,39-,40-,42-,43-,44-,51-/m0/s1. The summed E-state index contributed by atoms with van der Waals surface area (Å²) in [5.74, 6) is -17.0. The van der Waals surface area contributed by atoms with Crippen molar-refractivity contribution < 1.29 is 92.0 Å². The molecule has 1 heterocycles. The van der Waals surface area contributed by atoms with Crippen molar-refractivity contribution in [3.63, 3.8) is 0 Å². The van der Waals surface area contributed by atoms with Crippen LogP contribution in [-0.2, 0) is 71.9 Å². The number of nitrogens with zero attached hydrogens (tertiary/aromatic N) is 1. The average Bonchev–Trinajstić information content (AvgIpc) is 0.771. The summed E-state index contributed by atoms with van der Waals surface area (Å²) in [5, 5.41) is 56.3. The molecule has 3 aromatic rings. The first kappa shape index (κ1) is 81.2. The monoisotopic (exact) mass is 1380 g/mol. The van der Waals surface area contributed by atoms with E-state index in [2.05, 4.69) is 53.2 Å². The maximum atomic E-state index is 14.3. The number of hydrogen-bond donors (Lipinski definition) is 18. The Hall–Kier alpha value is -10.0. The van der Waals surface area contributed by atoms with Crippen molar-refractivity contribution in [2.45, 2.75) is 172 Å². The van der Waals surface area contributed by atoms with Gasteiger partial charge in [-0.05, 0) is 93.2 Å². The van der Waals surface area contributed by atoms with Crippen molar-refractivity contribution in [3.05, 3.63) is 41.4 Å². The topological polar surface area (TPSA) is 589 Å². The van der Waals surface area contributed by atoms with E-state index >= 15 is 0 Å². The lowest BCUT2D eigenvalue weighted by Crippen LogP contribution is -2.61. The van der Waals surface area contributed by atoms with Crippen LogP contribution in [0.5, 0.6) is 5.75 Å². The lowest BCUT2D eigenvalue weighted by Gasteiger charge is -2.29. The van der Waals surface area contributed by atoms with Gasteiger partial charge in [0, 0.05) is 61.0 Å². The summed E-state index contributed by atoms with van der Waals surface area (Å²) < 4.78 is 5.43. The molecular formula is C61H89ClN16O19. The Morgan fingerprint density at radius 3 is 1.46 bits per heavy atom. The van der Waals surface area contributed by atoms with Gasteiger partial charge in [-0.25, -0.2) is 4.98 Å². The second-order valence-electron chi connectivity index (χ2n) is 23.4. The van der Waals surface area contributed by atoms with Crippen molar-refractivity contribution in [1.29, 1.82) is 0 Å². The SMILES string of the molecule is CC[C@H](C)[C@H](NC(=O)[C@H](CO)NC(=O)[C@H](CCC(N)=O)NC(=O)[C@@H](N)CCC(N)=O)C(=O)N[C@@H](CCC(=O)O)C(=O)N[C@@H](CCC(N)=O)C(=O)N[C@@H](CC(C)C)C(=O)N[C@@H](CCC(=O)O)C(=O)N[C@@H](CC(N)=O)C(=O)NCCCNc1c2ccc(Cl)cc2nc2ccc(OC)cc12. The Balaban J connectivity index is 1.84. The fraction of sp³-hybridized carbons (Fsp3) is 0.541. The summed E-state index contributed by atoms with van der Waals surface area (Å²) in [6.07, 6.45) is -5.80. The third kappa shape index (κ3) is 28.1. The molecule has 0 aliphatic carbocycles. The number of rotatable bonds is 45. The molecule has 97 heavy (non-hydrogen) atoms. The number of carbonyl (C=O) groups excluding carboxylic acids is 13. The van der Waals surface area contributed by atoms with Crippen LogP contribution >= 0.6 is 11.6 Å². The highest BCUT2D eigenvalue weighted by molar-refractivity contribution is 6.31. The first-order valence-corrected chi connectivity index (χ1v) is 31.5. The van der Waals surface area contributed by atoms with Crippen LogP contribution in [0.4, 0.5) is 5.69 Å². The molecule has 35 nitrogen and oxygen atoms in total. The van der Waals surface area contributed by atoms with Crippen molar-refractivity contribution >= 4 is 128 Å². The quantitative estimate of drug-likeness (QED) is 0.0194. The molecule has 1 aromatic heterocycles. The normalized spacial score (nSPS) is 14.2. The molecule has 0 saturated carbocycles. The molecule has 0 aliphatic rings. The van der Waals surface area contributed by atoms with Crippen molar-refractivity contribution in [2.75, 3.05) is 32.1 Å². The average molecular weight is 1390 g/mol. The minimum Gasteiger partial charge on any atom is -0.497 e. The number of pyridine rings is 1. The van der Waals surface area contributed by atoms with Gasteiger partial charge in [-0.3, -0.25) is 71.9 Å². The number of hydrogen-bond acceptors (Lipinski definition) is 20. The van der Waals surface area contributed by atoms with E-state index in [0.29, 0.717) is 27.5 Å². The van der Waals surface area contributed by atoms with Gasteiger partial charge in [0.05, 0.1) is 42.9 Å². The van der Waals surface area contributed by atoms with E-state index in [1.165, 1.54) is 14.0 Å². The van der Waals surface area contributed by atoms with Gasteiger partial charge >= 0.3 is 11.9 Å². The van der Waals surface area contributed by atoms with E-state index in [9.17, 15) is 87.2 Å². The minimum atomic E-state index is -1.85. The second-order valence-corrected chi connectivity index (χ2v) is 23.8. The Kier molecular flexibility index (Phi) is 33.8. The Morgan fingerprint density at radius 2 is 0.979 bits per heavy atom. The zero-order valence-corrected chi connectivity index (χ0v) is 55.2. The minimum absolute atomic E-state index is 0.00602. The first-order valence-electron chi connectivity index (χ1n) is 31.1. The number of amides is 13. The van der Waals surface area contributed by atoms with Gasteiger partial charge in [0.25, 0.3) is 0 Å². The number of aliphatic hydroxyl groups excluding tert-OH is 1. The number of nitrogens with two attached hydrogens (primary N) is 5. The Bertz CT molecular complexity index is 3360. The number of anilines is 1. The molecule has 3 rings (SSSR count). The van der Waals surface area contributed by atoms with Gasteiger partial charge in [0.1, 0.15) is 54.1 Å². The van der Waals surface area contributed by atoms with Crippen LogP contribution in [0, 0.1) is 11.8 Å². The van der Waals surface area contributed by atoms with Crippen LogP contribution < -0.4 is 86.6 Å². The Labute approximate surface area is 562 Å². The molecule has 13 amide bonds. The summed E-state index contributed by atoms with van der Waals surface area (Å²) in [5.41, 5.74) is 29.1. The Morgan fingerprint density at radius 1 is 0.515 bits per heavy atom. The van der Waals surface area contributed by atoms with Gasteiger partial charge in [-0.1, -0.05) is 45.7 Å². The summed E-state index contributed by atoms with van der Waals surface area (Å²) in [6.45, 7) is 5.53. The van der Waals surface area contributed by atoms with Crippen molar-refractivity contribution in [1.82, 2.24) is 52.8 Å². The number of methoxy groups -OCH3 is 1. The maximum Gasteiger partial charge on any atom is 0.303 e. The highest BCUT2D eigenvalue weighted by Gasteiger charge is 2.37. The lowest BCUT2D eigenvalue weighted by atomic mass is 9.97. The van der Waals surface area contributed by atoms with E-state index in [-0.39, 0.29) is 45.2 Å². The molecule has 23 N–H and O–H groups in total. The number of fused-ring (bicyclic) bond motifs is 2. The third-order valence-electron chi connectivity index (χ3n) is 15.1. The van der Waals surface area contributed by atoms with Crippen LogP contribution in [-0.4, -0.2) is 190 Å². The lowest BCUT2D eigenvalue weighted by molar-refractivity contribution is -0.140. The number of carbonyl (C=O) groups is 15. The zero-order valence-electron chi connectivity index (χ0n) is 54.4. The summed E-state index contributed by atoms with van der Waals surface area (Å²) in [7, 11) is 1.52. The van der Waals surface area contributed by atoms with Gasteiger partial charge in [-0.15, -0.1) is 0 Å². The summed E-state index contributed by atoms with van der Waals surface area (Å²) in [4.78, 5) is 201. The number of aliphatic hydroxyl groups is 1. The predicted molar refractivity (Wildman–Crippen MR) is 349 cm³/mol. The number of aliphatic carboxylic acids is 2. The number of carboxylic acids is 2. The highest BCUT2D eigenvalue weighted by Crippen LogP contribution is 2.34.